The van der Waals surface area contributed by atoms with Crippen LogP contribution in [0.25, 0.3) is 0 Å². The molecule has 2 N–H and O–H groups in total. The maximum absolute atomic E-state index is 13.0. The Kier molecular flexibility index (Phi) is 4.19. The standard InChI is InChI=1S/C10H10F3NO3/c1-2-16-9(15)6-3-5(11)4-7(14)8(6)17-10(12)13/h3-4,10H,2,14H2,1H3. The van der Waals surface area contributed by atoms with Crippen LogP contribution in [-0.2, 0) is 4.74 Å². The average molecular weight is 249 g/mol. The lowest BCUT2D eigenvalue weighted by Crippen LogP contribution is -2.12. The van der Waals surface area contributed by atoms with Crippen molar-refractivity contribution in [2.45, 2.75) is 13.5 Å². The molecule has 0 amide bonds. The summed E-state index contributed by atoms with van der Waals surface area (Å²) in [5, 5.41) is 0. The maximum Gasteiger partial charge on any atom is 0.387 e. The molecule has 0 radical (unpaired) electrons. The van der Waals surface area contributed by atoms with Crippen molar-refractivity contribution in [1.82, 2.24) is 0 Å². The highest BCUT2D eigenvalue weighted by molar-refractivity contribution is 5.94. The third-order valence-electron chi connectivity index (χ3n) is 1.78. The first-order valence-electron chi connectivity index (χ1n) is 4.66. The smallest absolute Gasteiger partial charge is 0.387 e. The molecule has 0 spiro atoms. The summed E-state index contributed by atoms with van der Waals surface area (Å²) in [6.45, 7) is -1.63. The van der Waals surface area contributed by atoms with E-state index in [-0.39, 0.29) is 6.61 Å². The van der Waals surface area contributed by atoms with Crippen LogP contribution in [0.2, 0.25) is 0 Å². The van der Waals surface area contributed by atoms with Crippen LogP contribution in [0.1, 0.15) is 17.3 Å². The summed E-state index contributed by atoms with van der Waals surface area (Å²) < 4.78 is 45.9. The van der Waals surface area contributed by atoms with Crippen LogP contribution in [0, 0.1) is 5.82 Å². The number of carbonyl (C=O) groups excluding carboxylic acids is 1. The lowest BCUT2D eigenvalue weighted by molar-refractivity contribution is -0.0499. The summed E-state index contributed by atoms with van der Waals surface area (Å²) in [6, 6.07) is 1.51. The fourth-order valence-corrected chi connectivity index (χ4v) is 1.20. The first-order chi connectivity index (χ1) is 7.95. The number of alkyl halides is 2. The molecule has 94 valence electrons. The second-order valence-electron chi connectivity index (χ2n) is 2.97. The third kappa shape index (κ3) is 3.27. The van der Waals surface area contributed by atoms with Gasteiger partial charge in [0.1, 0.15) is 11.4 Å². The monoisotopic (exact) mass is 249 g/mol. The van der Waals surface area contributed by atoms with Gasteiger partial charge < -0.3 is 15.2 Å². The van der Waals surface area contributed by atoms with Gasteiger partial charge in [-0.2, -0.15) is 8.78 Å². The molecule has 0 heterocycles. The molecule has 0 fully saturated rings. The van der Waals surface area contributed by atoms with Crippen molar-refractivity contribution in [3.8, 4) is 5.75 Å². The van der Waals surface area contributed by atoms with Crippen molar-refractivity contribution in [3.05, 3.63) is 23.5 Å². The van der Waals surface area contributed by atoms with E-state index in [0.29, 0.717) is 0 Å². The molecule has 0 aliphatic rings. The van der Waals surface area contributed by atoms with Gasteiger partial charge in [-0.1, -0.05) is 0 Å². The zero-order valence-electron chi connectivity index (χ0n) is 8.88. The summed E-state index contributed by atoms with van der Waals surface area (Å²) >= 11 is 0. The predicted molar refractivity (Wildman–Crippen MR) is 53.4 cm³/mol. The normalized spacial score (nSPS) is 10.4. The SMILES string of the molecule is CCOC(=O)c1cc(F)cc(N)c1OC(F)F. The van der Waals surface area contributed by atoms with Gasteiger partial charge in [0.15, 0.2) is 5.75 Å². The highest BCUT2D eigenvalue weighted by Crippen LogP contribution is 2.30. The number of carbonyl (C=O) groups is 1. The van der Waals surface area contributed by atoms with Crippen molar-refractivity contribution in [2.24, 2.45) is 0 Å². The number of anilines is 1. The topological polar surface area (TPSA) is 61.5 Å². The number of rotatable bonds is 4. The zero-order chi connectivity index (χ0) is 13.0. The first-order valence-corrected chi connectivity index (χ1v) is 4.66. The average Bonchev–Trinajstić information content (AvgIpc) is 2.21. The van der Waals surface area contributed by atoms with E-state index >= 15 is 0 Å². The Morgan fingerprint density at radius 1 is 1.47 bits per heavy atom. The van der Waals surface area contributed by atoms with Crippen LogP contribution >= 0.6 is 0 Å². The molecule has 1 aromatic rings. The highest BCUT2D eigenvalue weighted by Gasteiger charge is 2.21. The fraction of sp³-hybridized carbons (Fsp3) is 0.300. The molecule has 0 aliphatic heterocycles. The Morgan fingerprint density at radius 3 is 2.65 bits per heavy atom. The van der Waals surface area contributed by atoms with Crippen molar-refractivity contribution in [1.29, 1.82) is 0 Å². The molecule has 4 nitrogen and oxygen atoms in total. The van der Waals surface area contributed by atoms with Crippen LogP contribution in [0.4, 0.5) is 18.9 Å². The van der Waals surface area contributed by atoms with Crippen molar-refractivity contribution in [3.63, 3.8) is 0 Å². The quantitative estimate of drug-likeness (QED) is 0.656. The molecule has 1 rings (SSSR count). The summed E-state index contributed by atoms with van der Waals surface area (Å²) in [6.07, 6.45) is 0. The number of benzene rings is 1. The summed E-state index contributed by atoms with van der Waals surface area (Å²) in [5.74, 6) is -2.40. The molecule has 17 heavy (non-hydrogen) atoms. The van der Waals surface area contributed by atoms with Crippen LogP contribution in [0.15, 0.2) is 12.1 Å². The highest BCUT2D eigenvalue weighted by atomic mass is 19.3. The lowest BCUT2D eigenvalue weighted by Gasteiger charge is -2.12. The van der Waals surface area contributed by atoms with Gasteiger partial charge in [-0.15, -0.1) is 0 Å². The third-order valence-corrected chi connectivity index (χ3v) is 1.78. The van der Waals surface area contributed by atoms with E-state index < -0.39 is 35.4 Å². The zero-order valence-corrected chi connectivity index (χ0v) is 8.88. The van der Waals surface area contributed by atoms with Gasteiger partial charge >= 0.3 is 12.6 Å². The van der Waals surface area contributed by atoms with Crippen LogP contribution < -0.4 is 10.5 Å². The number of esters is 1. The number of hydrogen-bond acceptors (Lipinski definition) is 4. The Balaban J connectivity index is 3.19. The summed E-state index contributed by atoms with van der Waals surface area (Å²) in [7, 11) is 0. The Morgan fingerprint density at radius 2 is 2.12 bits per heavy atom. The largest absolute Gasteiger partial charge is 0.462 e. The minimum atomic E-state index is -3.17. The fourth-order valence-electron chi connectivity index (χ4n) is 1.20. The van der Waals surface area contributed by atoms with Crippen molar-refractivity contribution >= 4 is 11.7 Å². The molecule has 7 heteroatoms. The number of nitrogens with two attached hydrogens (primary N) is 1. The van der Waals surface area contributed by atoms with E-state index in [0.717, 1.165) is 12.1 Å². The number of ether oxygens (including phenoxy) is 2. The van der Waals surface area contributed by atoms with E-state index in [4.69, 9.17) is 5.73 Å². The number of nitrogen functional groups attached to an aromatic ring is 1. The van der Waals surface area contributed by atoms with Crippen LogP contribution in [0.5, 0.6) is 5.75 Å². The van der Waals surface area contributed by atoms with E-state index in [2.05, 4.69) is 9.47 Å². The van der Waals surface area contributed by atoms with Gasteiger partial charge in [0, 0.05) is 6.07 Å². The summed E-state index contributed by atoms with van der Waals surface area (Å²) in [4.78, 5) is 11.4. The van der Waals surface area contributed by atoms with E-state index in [1.807, 2.05) is 0 Å². The van der Waals surface area contributed by atoms with Gasteiger partial charge in [-0.05, 0) is 13.0 Å². The minimum absolute atomic E-state index is 0.0172. The molecule has 0 atom stereocenters. The van der Waals surface area contributed by atoms with Crippen LogP contribution in [0.3, 0.4) is 0 Å². The second kappa shape index (κ2) is 5.42. The molecule has 0 saturated carbocycles. The molecule has 0 bridgehead atoms. The van der Waals surface area contributed by atoms with Gasteiger partial charge in [0.2, 0.25) is 0 Å². The Bertz CT molecular complexity index is 424. The van der Waals surface area contributed by atoms with Gasteiger partial charge in [0.05, 0.1) is 12.3 Å². The van der Waals surface area contributed by atoms with Crippen molar-refractivity contribution in [2.75, 3.05) is 12.3 Å². The van der Waals surface area contributed by atoms with E-state index in [1.165, 1.54) is 6.92 Å². The summed E-state index contributed by atoms with van der Waals surface area (Å²) in [5.41, 5.74) is 4.44. The molecule has 0 aliphatic carbocycles. The van der Waals surface area contributed by atoms with Crippen LogP contribution in [-0.4, -0.2) is 19.2 Å². The number of halogens is 3. The Hall–Kier alpha value is -1.92. The van der Waals surface area contributed by atoms with Gasteiger partial charge in [-0.25, -0.2) is 9.18 Å². The maximum atomic E-state index is 13.0. The first kappa shape index (κ1) is 13.1. The van der Waals surface area contributed by atoms with E-state index in [9.17, 15) is 18.0 Å². The Labute approximate surface area is 95.1 Å². The molecule has 0 unspecified atom stereocenters. The molecule has 0 aromatic heterocycles. The number of hydrogen-bond donors (Lipinski definition) is 1. The van der Waals surface area contributed by atoms with Crippen molar-refractivity contribution < 1.29 is 27.4 Å². The molecular formula is C10H10F3NO3. The molecule has 0 saturated heterocycles. The predicted octanol–water partition coefficient (Wildman–Crippen LogP) is 2.19. The molecule has 1 aromatic carbocycles. The van der Waals surface area contributed by atoms with Gasteiger partial charge in [0.25, 0.3) is 0 Å². The van der Waals surface area contributed by atoms with Gasteiger partial charge in [-0.3, -0.25) is 0 Å². The molecular weight excluding hydrogens is 239 g/mol. The van der Waals surface area contributed by atoms with E-state index in [1.54, 1.807) is 0 Å². The second-order valence-corrected chi connectivity index (χ2v) is 2.97. The lowest BCUT2D eigenvalue weighted by atomic mass is 10.1. The minimum Gasteiger partial charge on any atom is -0.462 e.